The first kappa shape index (κ1) is 7.71. The zero-order chi connectivity index (χ0) is 8.48. The summed E-state index contributed by atoms with van der Waals surface area (Å²) in [5.41, 5.74) is 0. The smallest absolute Gasteiger partial charge is 0.453 e. The summed E-state index contributed by atoms with van der Waals surface area (Å²) in [7, 11) is 0. The van der Waals surface area contributed by atoms with E-state index >= 15 is 0 Å². The Morgan fingerprint density at radius 3 is 2.73 bits per heavy atom. The van der Waals surface area contributed by atoms with Crippen LogP contribution in [-0.4, -0.2) is 17.0 Å². The van der Waals surface area contributed by atoms with Gasteiger partial charge in [0.05, 0.1) is 0 Å². The SMILES string of the molecule is CC1(C)OC=C(OC(=O)O)O1. The molecule has 0 radical (unpaired) electrons. The molecule has 0 saturated heterocycles. The molecule has 1 aliphatic heterocycles. The molecule has 5 nitrogen and oxygen atoms in total. The number of rotatable bonds is 1. The second-order valence-corrected chi connectivity index (χ2v) is 2.42. The van der Waals surface area contributed by atoms with Gasteiger partial charge in [0.1, 0.15) is 0 Å². The number of carboxylic acid groups (broad SMARTS) is 1. The van der Waals surface area contributed by atoms with E-state index in [0.29, 0.717) is 0 Å². The lowest BCUT2D eigenvalue weighted by Gasteiger charge is -2.16. The Labute approximate surface area is 63.2 Å². The molecule has 11 heavy (non-hydrogen) atoms. The molecule has 0 spiro atoms. The van der Waals surface area contributed by atoms with Gasteiger partial charge in [-0.25, -0.2) is 4.79 Å². The van der Waals surface area contributed by atoms with Crippen molar-refractivity contribution in [2.24, 2.45) is 0 Å². The minimum atomic E-state index is -1.42. The Morgan fingerprint density at radius 1 is 1.73 bits per heavy atom. The van der Waals surface area contributed by atoms with Crippen LogP contribution in [0.5, 0.6) is 0 Å². The second-order valence-electron chi connectivity index (χ2n) is 2.42. The van der Waals surface area contributed by atoms with Crippen molar-refractivity contribution in [2.75, 3.05) is 0 Å². The molecule has 0 amide bonds. The zero-order valence-electron chi connectivity index (χ0n) is 6.16. The first-order valence-corrected chi connectivity index (χ1v) is 2.97. The average molecular weight is 160 g/mol. The van der Waals surface area contributed by atoms with E-state index in [1.165, 1.54) is 0 Å². The molecule has 0 aromatic heterocycles. The summed E-state index contributed by atoms with van der Waals surface area (Å²) in [4.78, 5) is 9.97. The zero-order valence-corrected chi connectivity index (χ0v) is 6.16. The van der Waals surface area contributed by atoms with Crippen LogP contribution in [0.15, 0.2) is 12.2 Å². The molecule has 0 aromatic rings. The Balaban J connectivity index is 2.47. The van der Waals surface area contributed by atoms with Gasteiger partial charge in [0.15, 0.2) is 6.26 Å². The van der Waals surface area contributed by atoms with E-state index < -0.39 is 11.9 Å². The number of ether oxygens (including phenoxy) is 3. The van der Waals surface area contributed by atoms with Crippen LogP contribution in [0.3, 0.4) is 0 Å². The molecule has 0 fully saturated rings. The fourth-order valence-corrected chi connectivity index (χ4v) is 0.611. The third kappa shape index (κ3) is 2.03. The van der Waals surface area contributed by atoms with Gasteiger partial charge in [0.2, 0.25) is 5.79 Å². The molecule has 1 heterocycles. The van der Waals surface area contributed by atoms with Crippen LogP contribution in [0.1, 0.15) is 13.8 Å². The van der Waals surface area contributed by atoms with Gasteiger partial charge >= 0.3 is 12.1 Å². The van der Waals surface area contributed by atoms with Crippen molar-refractivity contribution in [1.82, 2.24) is 0 Å². The Bertz CT molecular complexity index is 205. The van der Waals surface area contributed by atoms with Crippen molar-refractivity contribution in [3.05, 3.63) is 12.2 Å². The van der Waals surface area contributed by atoms with Crippen LogP contribution in [0.2, 0.25) is 0 Å². The van der Waals surface area contributed by atoms with Gasteiger partial charge in [-0.05, 0) is 0 Å². The molecule has 1 rings (SSSR count). The van der Waals surface area contributed by atoms with Crippen molar-refractivity contribution in [1.29, 1.82) is 0 Å². The highest BCUT2D eigenvalue weighted by molar-refractivity contribution is 5.58. The Morgan fingerprint density at radius 2 is 2.36 bits per heavy atom. The molecule has 0 saturated carbocycles. The molecule has 0 unspecified atom stereocenters. The van der Waals surface area contributed by atoms with E-state index in [9.17, 15) is 4.79 Å². The van der Waals surface area contributed by atoms with Crippen molar-refractivity contribution < 1.29 is 24.1 Å². The van der Waals surface area contributed by atoms with Gasteiger partial charge in [0.25, 0.3) is 0 Å². The van der Waals surface area contributed by atoms with Gasteiger partial charge in [0, 0.05) is 13.8 Å². The molecule has 0 aliphatic carbocycles. The number of hydrogen-bond donors (Lipinski definition) is 1. The summed E-state index contributed by atoms with van der Waals surface area (Å²) in [6, 6.07) is 0. The van der Waals surface area contributed by atoms with Crippen molar-refractivity contribution in [2.45, 2.75) is 19.6 Å². The highest BCUT2D eigenvalue weighted by Gasteiger charge is 2.29. The molecular formula is C6H8O5. The van der Waals surface area contributed by atoms with Crippen molar-refractivity contribution >= 4 is 6.16 Å². The maximum Gasteiger partial charge on any atom is 0.513 e. The fourth-order valence-electron chi connectivity index (χ4n) is 0.611. The maximum absolute atomic E-state index is 9.97. The Hall–Kier alpha value is -1.39. The predicted molar refractivity (Wildman–Crippen MR) is 33.4 cm³/mol. The van der Waals surface area contributed by atoms with Crippen LogP contribution in [-0.2, 0) is 14.2 Å². The van der Waals surface area contributed by atoms with Gasteiger partial charge in [-0.15, -0.1) is 0 Å². The molecule has 1 N–H and O–H groups in total. The first-order valence-electron chi connectivity index (χ1n) is 2.97. The highest BCUT2D eigenvalue weighted by atomic mass is 16.8. The molecule has 1 aliphatic rings. The lowest BCUT2D eigenvalue weighted by atomic mass is 10.4. The Kier molecular flexibility index (Phi) is 1.64. The van der Waals surface area contributed by atoms with E-state index in [4.69, 9.17) is 14.6 Å². The van der Waals surface area contributed by atoms with E-state index in [-0.39, 0.29) is 5.95 Å². The third-order valence-corrected chi connectivity index (χ3v) is 0.973. The van der Waals surface area contributed by atoms with Crippen LogP contribution >= 0.6 is 0 Å². The average Bonchev–Trinajstić information content (AvgIpc) is 2.08. The standard InChI is InChI=1S/C6H8O5/c1-6(2)9-3-4(11-6)10-5(7)8/h3H,1-2H3,(H,7,8). The first-order chi connectivity index (χ1) is 4.99. The topological polar surface area (TPSA) is 65.0 Å². The fraction of sp³-hybridized carbons (Fsp3) is 0.500. The normalized spacial score (nSPS) is 19.6. The van der Waals surface area contributed by atoms with Crippen LogP contribution < -0.4 is 0 Å². The minimum absolute atomic E-state index is 0.137. The predicted octanol–water partition coefficient (Wildman–Crippen LogP) is 1.26. The van der Waals surface area contributed by atoms with Crippen LogP contribution in [0.25, 0.3) is 0 Å². The molecule has 5 heteroatoms. The minimum Gasteiger partial charge on any atom is -0.453 e. The molecule has 0 atom stereocenters. The van der Waals surface area contributed by atoms with Crippen molar-refractivity contribution in [3.8, 4) is 0 Å². The second kappa shape index (κ2) is 2.34. The summed E-state index contributed by atoms with van der Waals surface area (Å²) in [5.74, 6) is -0.965. The number of hydrogen-bond acceptors (Lipinski definition) is 4. The lowest BCUT2D eigenvalue weighted by Crippen LogP contribution is -2.20. The third-order valence-electron chi connectivity index (χ3n) is 0.973. The maximum atomic E-state index is 9.97. The molecule has 0 bridgehead atoms. The summed E-state index contributed by atoms with van der Waals surface area (Å²) < 4.78 is 14.0. The van der Waals surface area contributed by atoms with E-state index in [1.807, 2.05) is 0 Å². The van der Waals surface area contributed by atoms with Gasteiger partial charge in [-0.3, -0.25) is 0 Å². The van der Waals surface area contributed by atoms with Crippen LogP contribution in [0.4, 0.5) is 4.79 Å². The summed E-state index contributed by atoms with van der Waals surface area (Å²) >= 11 is 0. The number of carbonyl (C=O) groups is 1. The molecular weight excluding hydrogens is 152 g/mol. The summed E-state index contributed by atoms with van der Waals surface area (Å²) in [6.45, 7) is 3.28. The van der Waals surface area contributed by atoms with Gasteiger partial charge in [-0.1, -0.05) is 0 Å². The van der Waals surface area contributed by atoms with E-state index in [0.717, 1.165) is 6.26 Å². The monoisotopic (exact) mass is 160 g/mol. The summed E-state index contributed by atoms with van der Waals surface area (Å²) in [6.07, 6.45) is -0.300. The molecule has 62 valence electrons. The van der Waals surface area contributed by atoms with Crippen molar-refractivity contribution in [3.63, 3.8) is 0 Å². The van der Waals surface area contributed by atoms with Gasteiger partial charge < -0.3 is 19.3 Å². The van der Waals surface area contributed by atoms with Gasteiger partial charge in [-0.2, -0.15) is 0 Å². The lowest BCUT2D eigenvalue weighted by molar-refractivity contribution is -0.137. The van der Waals surface area contributed by atoms with E-state index in [1.54, 1.807) is 13.8 Å². The quantitative estimate of drug-likeness (QED) is 0.585. The largest absolute Gasteiger partial charge is 0.513 e. The summed E-state index contributed by atoms with van der Waals surface area (Å²) in [5, 5.41) is 8.15. The highest BCUT2D eigenvalue weighted by Crippen LogP contribution is 2.24. The molecule has 0 aromatic carbocycles. The van der Waals surface area contributed by atoms with Crippen LogP contribution in [0, 0.1) is 0 Å². The van der Waals surface area contributed by atoms with E-state index in [2.05, 4.69) is 4.74 Å².